The van der Waals surface area contributed by atoms with Crippen LogP contribution in [0.2, 0.25) is 0 Å². The maximum atomic E-state index is 10.5. The molecule has 0 amide bonds. The molecule has 0 aromatic heterocycles. The lowest BCUT2D eigenvalue weighted by Gasteiger charge is -1.99. The minimum absolute atomic E-state index is 0.119. The number of hydrogen-bond donors (Lipinski definition) is 0. The highest BCUT2D eigenvalue weighted by molar-refractivity contribution is 9.10. The van der Waals surface area contributed by atoms with E-state index in [9.17, 15) is 10.1 Å². The van der Waals surface area contributed by atoms with Gasteiger partial charge >= 0.3 is 0 Å². The second-order valence-electron chi connectivity index (χ2n) is 2.49. The molecule has 13 heavy (non-hydrogen) atoms. The van der Waals surface area contributed by atoms with Gasteiger partial charge in [-0.05, 0) is 18.6 Å². The van der Waals surface area contributed by atoms with Gasteiger partial charge in [-0.1, -0.05) is 15.9 Å². The standard InChI is InChI=1S/C8H5BrN2O2/c1-5-2-6(9)3-8(11(12)13)7(5)4-10/h2-3H,1H3. The molecule has 0 radical (unpaired) electrons. The van der Waals surface area contributed by atoms with E-state index in [0.29, 0.717) is 10.0 Å². The van der Waals surface area contributed by atoms with Crippen molar-refractivity contribution < 1.29 is 4.92 Å². The molecule has 0 fully saturated rings. The van der Waals surface area contributed by atoms with Crippen LogP contribution in [-0.4, -0.2) is 4.92 Å². The van der Waals surface area contributed by atoms with E-state index in [1.54, 1.807) is 13.0 Å². The topological polar surface area (TPSA) is 66.9 Å². The van der Waals surface area contributed by atoms with E-state index in [0.717, 1.165) is 0 Å². The first kappa shape index (κ1) is 9.68. The summed E-state index contributed by atoms with van der Waals surface area (Å²) in [6.07, 6.45) is 0. The maximum absolute atomic E-state index is 10.5. The van der Waals surface area contributed by atoms with Crippen LogP contribution >= 0.6 is 15.9 Å². The molecular weight excluding hydrogens is 236 g/mol. The number of nitrogens with zero attached hydrogens (tertiary/aromatic N) is 2. The predicted molar refractivity (Wildman–Crippen MR) is 50.2 cm³/mol. The Morgan fingerprint density at radius 3 is 2.69 bits per heavy atom. The Balaban J connectivity index is 3.50. The zero-order valence-electron chi connectivity index (χ0n) is 6.74. The Kier molecular flexibility index (Phi) is 2.63. The molecule has 0 unspecified atom stereocenters. The molecule has 0 N–H and O–H groups in total. The minimum atomic E-state index is -0.559. The Labute approximate surface area is 83.1 Å². The number of hydrogen-bond acceptors (Lipinski definition) is 3. The Morgan fingerprint density at radius 2 is 2.23 bits per heavy atom. The second-order valence-corrected chi connectivity index (χ2v) is 3.40. The van der Waals surface area contributed by atoms with Gasteiger partial charge in [0.2, 0.25) is 0 Å². The molecule has 0 atom stereocenters. The first-order valence-corrected chi connectivity index (χ1v) is 4.20. The summed E-state index contributed by atoms with van der Waals surface area (Å²) in [6.45, 7) is 1.66. The average Bonchev–Trinajstić information content (AvgIpc) is 2.02. The van der Waals surface area contributed by atoms with Crippen LogP contribution in [0.15, 0.2) is 16.6 Å². The van der Waals surface area contributed by atoms with Crippen molar-refractivity contribution in [2.75, 3.05) is 0 Å². The zero-order chi connectivity index (χ0) is 10.0. The van der Waals surface area contributed by atoms with E-state index in [1.807, 2.05) is 6.07 Å². The van der Waals surface area contributed by atoms with Crippen molar-refractivity contribution in [1.82, 2.24) is 0 Å². The second kappa shape index (κ2) is 3.54. The fraction of sp³-hybridized carbons (Fsp3) is 0.125. The molecule has 0 aliphatic carbocycles. The molecule has 0 saturated heterocycles. The highest BCUT2D eigenvalue weighted by Gasteiger charge is 2.16. The summed E-state index contributed by atoms with van der Waals surface area (Å²) in [4.78, 5) is 9.96. The third-order valence-corrected chi connectivity index (χ3v) is 2.05. The van der Waals surface area contributed by atoms with Gasteiger partial charge in [0.25, 0.3) is 5.69 Å². The summed E-state index contributed by atoms with van der Waals surface area (Å²) in [7, 11) is 0. The number of nitriles is 1. The molecule has 4 nitrogen and oxygen atoms in total. The number of nitro groups is 1. The van der Waals surface area contributed by atoms with E-state index in [1.165, 1.54) is 6.07 Å². The predicted octanol–water partition coefficient (Wildman–Crippen LogP) is 2.54. The molecule has 0 aliphatic rings. The summed E-state index contributed by atoms with van der Waals surface area (Å²) in [5, 5.41) is 19.2. The van der Waals surface area contributed by atoms with Crippen LogP contribution in [0.3, 0.4) is 0 Å². The maximum Gasteiger partial charge on any atom is 0.288 e. The van der Waals surface area contributed by atoms with Crippen LogP contribution in [0, 0.1) is 28.4 Å². The lowest BCUT2D eigenvalue weighted by atomic mass is 10.1. The van der Waals surface area contributed by atoms with E-state index < -0.39 is 4.92 Å². The summed E-state index contributed by atoms with van der Waals surface area (Å²) in [5.74, 6) is 0. The number of rotatable bonds is 1. The lowest BCUT2D eigenvalue weighted by molar-refractivity contribution is -0.385. The van der Waals surface area contributed by atoms with Gasteiger partial charge in [-0.25, -0.2) is 0 Å². The molecule has 5 heteroatoms. The van der Waals surface area contributed by atoms with Gasteiger partial charge in [0.15, 0.2) is 0 Å². The molecule has 0 aliphatic heterocycles. The SMILES string of the molecule is Cc1cc(Br)cc([N+](=O)[O-])c1C#N. The molecule has 0 saturated carbocycles. The third kappa shape index (κ3) is 1.84. The smallest absolute Gasteiger partial charge is 0.258 e. The average molecular weight is 241 g/mol. The normalized spacial score (nSPS) is 9.31. The largest absolute Gasteiger partial charge is 0.288 e. The summed E-state index contributed by atoms with van der Waals surface area (Å²) < 4.78 is 0.607. The van der Waals surface area contributed by atoms with Gasteiger partial charge in [0, 0.05) is 10.5 Å². The van der Waals surface area contributed by atoms with Crippen LogP contribution in [0.25, 0.3) is 0 Å². The third-order valence-electron chi connectivity index (χ3n) is 1.59. The van der Waals surface area contributed by atoms with Crippen molar-refractivity contribution in [3.63, 3.8) is 0 Å². The van der Waals surface area contributed by atoms with Crippen LogP contribution in [-0.2, 0) is 0 Å². The highest BCUT2D eigenvalue weighted by Crippen LogP contribution is 2.26. The molecule has 0 heterocycles. The quantitative estimate of drug-likeness (QED) is 0.560. The van der Waals surface area contributed by atoms with Crippen LogP contribution in [0.1, 0.15) is 11.1 Å². The molecule has 0 spiro atoms. The molecule has 1 aromatic carbocycles. The van der Waals surface area contributed by atoms with Gasteiger partial charge < -0.3 is 0 Å². The number of halogens is 1. The van der Waals surface area contributed by atoms with Crippen molar-refractivity contribution >= 4 is 21.6 Å². The van der Waals surface area contributed by atoms with Crippen molar-refractivity contribution in [1.29, 1.82) is 5.26 Å². The number of benzene rings is 1. The van der Waals surface area contributed by atoms with Crippen LogP contribution in [0.4, 0.5) is 5.69 Å². The zero-order valence-corrected chi connectivity index (χ0v) is 8.33. The molecule has 0 bridgehead atoms. The molecule has 1 aromatic rings. The summed E-state index contributed by atoms with van der Waals surface area (Å²) in [6, 6.07) is 4.81. The summed E-state index contributed by atoms with van der Waals surface area (Å²) >= 11 is 3.13. The Hall–Kier alpha value is -1.41. The van der Waals surface area contributed by atoms with E-state index >= 15 is 0 Å². The minimum Gasteiger partial charge on any atom is -0.258 e. The van der Waals surface area contributed by atoms with Gasteiger partial charge in [-0.15, -0.1) is 0 Å². The highest BCUT2D eigenvalue weighted by atomic mass is 79.9. The molecular formula is C8H5BrN2O2. The summed E-state index contributed by atoms with van der Waals surface area (Å²) in [5.41, 5.74) is 0.561. The number of nitro benzene ring substituents is 1. The molecule has 1 rings (SSSR count). The van der Waals surface area contributed by atoms with Crippen LogP contribution < -0.4 is 0 Å². The first-order chi connectivity index (χ1) is 6.06. The Bertz CT molecular complexity index is 409. The van der Waals surface area contributed by atoms with E-state index in [4.69, 9.17) is 5.26 Å². The van der Waals surface area contributed by atoms with Gasteiger partial charge in [0.05, 0.1) is 4.92 Å². The van der Waals surface area contributed by atoms with Gasteiger partial charge in [-0.3, -0.25) is 10.1 Å². The van der Waals surface area contributed by atoms with Crippen LogP contribution in [0.5, 0.6) is 0 Å². The van der Waals surface area contributed by atoms with Gasteiger partial charge in [-0.2, -0.15) is 5.26 Å². The number of aryl methyl sites for hydroxylation is 1. The fourth-order valence-corrected chi connectivity index (χ4v) is 1.58. The van der Waals surface area contributed by atoms with Crippen molar-refractivity contribution in [3.8, 4) is 6.07 Å². The molecule has 66 valence electrons. The monoisotopic (exact) mass is 240 g/mol. The van der Waals surface area contributed by atoms with E-state index in [-0.39, 0.29) is 11.3 Å². The van der Waals surface area contributed by atoms with Crippen molar-refractivity contribution in [2.24, 2.45) is 0 Å². The Morgan fingerprint density at radius 1 is 1.62 bits per heavy atom. The first-order valence-electron chi connectivity index (χ1n) is 3.41. The lowest BCUT2D eigenvalue weighted by Crippen LogP contribution is -1.94. The van der Waals surface area contributed by atoms with Gasteiger partial charge in [0.1, 0.15) is 11.6 Å². The fourth-order valence-electron chi connectivity index (χ4n) is 1.01. The van der Waals surface area contributed by atoms with E-state index in [2.05, 4.69) is 15.9 Å². The van der Waals surface area contributed by atoms with Crippen molar-refractivity contribution in [2.45, 2.75) is 6.92 Å². The van der Waals surface area contributed by atoms with Crippen molar-refractivity contribution in [3.05, 3.63) is 37.8 Å².